The van der Waals surface area contributed by atoms with Crippen LogP contribution in [-0.2, 0) is 11.3 Å². The van der Waals surface area contributed by atoms with Crippen molar-refractivity contribution >= 4 is 23.0 Å². The Hall–Kier alpha value is -3.71. The van der Waals surface area contributed by atoms with E-state index < -0.39 is 17.7 Å². The van der Waals surface area contributed by atoms with E-state index in [9.17, 15) is 14.7 Å². The number of benzene rings is 1. The first-order valence-electron chi connectivity index (χ1n) is 9.65. The summed E-state index contributed by atoms with van der Waals surface area (Å²) >= 11 is 1.27. The van der Waals surface area contributed by atoms with Gasteiger partial charge in [-0.15, -0.1) is 11.3 Å². The van der Waals surface area contributed by atoms with Crippen LogP contribution >= 0.6 is 11.3 Å². The normalized spacial score (nSPS) is 15.9. The predicted octanol–water partition coefficient (Wildman–Crippen LogP) is 4.49. The highest BCUT2D eigenvalue weighted by atomic mass is 32.1. The molecule has 1 aliphatic rings. The smallest absolute Gasteiger partial charge is 0.290 e. The van der Waals surface area contributed by atoms with Gasteiger partial charge in [0.2, 0.25) is 5.78 Å². The maximum atomic E-state index is 13.3. The molecule has 0 aliphatic carbocycles. The van der Waals surface area contributed by atoms with Gasteiger partial charge in [-0.25, -0.2) is 0 Å². The minimum Gasteiger partial charge on any atom is -0.503 e. The number of aliphatic hydroxyl groups is 1. The molecule has 0 fully saturated rings. The highest BCUT2D eigenvalue weighted by molar-refractivity contribution is 7.12. The first kappa shape index (κ1) is 20.6. The SMILES string of the molecule is C=CCOc1cccc([C@H]2C(C(=O)c3cccs3)=C(O)C(=O)N2Cc2cccnc2)c1. The Morgan fingerprint density at radius 3 is 2.84 bits per heavy atom. The third kappa shape index (κ3) is 4.13. The molecular formula is C24H20N2O4S. The van der Waals surface area contributed by atoms with Crippen LogP contribution in [0, 0.1) is 0 Å². The first-order chi connectivity index (χ1) is 15.1. The molecule has 1 N–H and O–H groups in total. The van der Waals surface area contributed by atoms with Crippen molar-refractivity contribution in [2.24, 2.45) is 0 Å². The lowest BCUT2D eigenvalue weighted by atomic mass is 9.95. The molecule has 0 saturated carbocycles. The molecule has 0 bridgehead atoms. The molecule has 1 aliphatic heterocycles. The number of ketones is 1. The fraction of sp³-hybridized carbons (Fsp3) is 0.125. The van der Waals surface area contributed by atoms with Gasteiger partial charge in [0.1, 0.15) is 12.4 Å². The van der Waals surface area contributed by atoms with Crippen molar-refractivity contribution in [3.8, 4) is 5.75 Å². The van der Waals surface area contributed by atoms with Gasteiger partial charge in [-0.1, -0.05) is 36.9 Å². The van der Waals surface area contributed by atoms with E-state index in [-0.39, 0.29) is 17.9 Å². The van der Waals surface area contributed by atoms with Crippen molar-refractivity contribution in [2.45, 2.75) is 12.6 Å². The van der Waals surface area contributed by atoms with Gasteiger partial charge in [-0.2, -0.15) is 0 Å². The van der Waals surface area contributed by atoms with Crippen LogP contribution in [0.3, 0.4) is 0 Å². The summed E-state index contributed by atoms with van der Waals surface area (Å²) in [6.45, 7) is 4.17. The van der Waals surface area contributed by atoms with Gasteiger partial charge < -0.3 is 14.7 Å². The zero-order chi connectivity index (χ0) is 21.8. The Kier molecular flexibility index (Phi) is 5.95. The standard InChI is InChI=1S/C24H20N2O4S/c1-2-11-30-18-8-3-7-17(13-18)21-20(22(27)19-9-5-12-31-19)23(28)24(29)26(21)15-16-6-4-10-25-14-16/h2-10,12-14,21,28H,1,11,15H2/t21-/m0/s1. The number of thiophene rings is 1. The van der Waals surface area contributed by atoms with Gasteiger partial charge in [-0.05, 0) is 40.8 Å². The van der Waals surface area contributed by atoms with E-state index in [1.807, 2.05) is 12.1 Å². The second-order valence-electron chi connectivity index (χ2n) is 6.94. The van der Waals surface area contributed by atoms with Gasteiger partial charge in [0.25, 0.3) is 5.91 Å². The minimum atomic E-state index is -0.755. The van der Waals surface area contributed by atoms with Crippen LogP contribution in [0.2, 0.25) is 0 Å². The molecule has 0 unspecified atom stereocenters. The lowest BCUT2D eigenvalue weighted by molar-refractivity contribution is -0.130. The highest BCUT2D eigenvalue weighted by Gasteiger charge is 2.44. The number of rotatable bonds is 8. The number of amides is 1. The fourth-order valence-corrected chi connectivity index (χ4v) is 4.23. The van der Waals surface area contributed by atoms with Crippen molar-refractivity contribution in [1.29, 1.82) is 0 Å². The Labute approximate surface area is 183 Å². The molecule has 1 aromatic carbocycles. The molecule has 2 aromatic heterocycles. The van der Waals surface area contributed by atoms with Crippen LogP contribution in [-0.4, -0.2) is 33.3 Å². The third-order valence-electron chi connectivity index (χ3n) is 4.91. The predicted molar refractivity (Wildman–Crippen MR) is 118 cm³/mol. The van der Waals surface area contributed by atoms with Gasteiger partial charge in [0.05, 0.1) is 16.5 Å². The number of hydrogen-bond acceptors (Lipinski definition) is 6. The Morgan fingerprint density at radius 1 is 1.26 bits per heavy atom. The molecule has 7 heteroatoms. The average Bonchev–Trinajstić information content (AvgIpc) is 3.42. The van der Waals surface area contributed by atoms with Gasteiger partial charge in [-0.3, -0.25) is 14.6 Å². The van der Waals surface area contributed by atoms with E-state index in [1.54, 1.807) is 60.2 Å². The number of aliphatic hydroxyl groups excluding tert-OH is 1. The number of aromatic nitrogens is 1. The maximum absolute atomic E-state index is 13.3. The highest BCUT2D eigenvalue weighted by Crippen LogP contribution is 2.41. The zero-order valence-electron chi connectivity index (χ0n) is 16.6. The molecular weight excluding hydrogens is 412 g/mol. The summed E-state index contributed by atoms with van der Waals surface area (Å²) in [7, 11) is 0. The summed E-state index contributed by atoms with van der Waals surface area (Å²) in [6.07, 6.45) is 4.94. The number of ether oxygens (including phenoxy) is 1. The molecule has 1 atom stereocenters. The third-order valence-corrected chi connectivity index (χ3v) is 5.78. The van der Waals surface area contributed by atoms with Crippen molar-refractivity contribution < 1.29 is 19.4 Å². The summed E-state index contributed by atoms with van der Waals surface area (Å²) in [5, 5.41) is 12.5. The lowest BCUT2D eigenvalue weighted by Gasteiger charge is -2.27. The van der Waals surface area contributed by atoms with E-state index in [4.69, 9.17) is 4.74 Å². The van der Waals surface area contributed by atoms with Gasteiger partial charge >= 0.3 is 0 Å². The fourth-order valence-electron chi connectivity index (χ4n) is 3.55. The molecule has 3 aromatic rings. The second kappa shape index (κ2) is 8.97. The number of carbonyl (C=O) groups excluding carboxylic acids is 2. The molecule has 4 rings (SSSR count). The van der Waals surface area contributed by atoms with Crippen molar-refractivity contribution in [2.75, 3.05) is 6.61 Å². The van der Waals surface area contributed by atoms with Crippen molar-refractivity contribution in [3.05, 3.63) is 106 Å². The quantitative estimate of drug-likeness (QED) is 0.419. The maximum Gasteiger partial charge on any atom is 0.290 e. The summed E-state index contributed by atoms with van der Waals surface area (Å²) in [6, 6.07) is 13.5. The number of Topliss-reactive ketones (excluding diaryl/α,β-unsaturated/α-hetero) is 1. The van der Waals surface area contributed by atoms with Crippen LogP contribution in [0.5, 0.6) is 5.75 Å². The molecule has 31 heavy (non-hydrogen) atoms. The van der Waals surface area contributed by atoms with E-state index in [0.717, 1.165) is 5.56 Å². The molecule has 1 amide bonds. The van der Waals surface area contributed by atoms with Gasteiger partial charge in [0.15, 0.2) is 5.76 Å². The number of pyridine rings is 1. The minimum absolute atomic E-state index is 0.0669. The molecule has 0 saturated heterocycles. The lowest BCUT2D eigenvalue weighted by Crippen LogP contribution is -2.30. The van der Waals surface area contributed by atoms with Crippen LogP contribution in [0.1, 0.15) is 26.8 Å². The number of carbonyl (C=O) groups is 2. The number of nitrogens with zero attached hydrogens (tertiary/aromatic N) is 2. The molecule has 6 nitrogen and oxygen atoms in total. The summed E-state index contributed by atoms with van der Waals surface area (Å²) in [4.78, 5) is 32.3. The molecule has 0 spiro atoms. The van der Waals surface area contributed by atoms with Crippen LogP contribution < -0.4 is 4.74 Å². The molecule has 0 radical (unpaired) electrons. The molecule has 156 valence electrons. The second-order valence-corrected chi connectivity index (χ2v) is 7.89. The van der Waals surface area contributed by atoms with E-state index in [0.29, 0.717) is 22.8 Å². The van der Waals surface area contributed by atoms with Crippen molar-refractivity contribution in [3.63, 3.8) is 0 Å². The Balaban J connectivity index is 1.78. The summed E-state index contributed by atoms with van der Waals surface area (Å²) in [5.74, 6) is -0.895. The van der Waals surface area contributed by atoms with Crippen molar-refractivity contribution in [1.82, 2.24) is 9.88 Å². The zero-order valence-corrected chi connectivity index (χ0v) is 17.4. The monoisotopic (exact) mass is 432 g/mol. The van der Waals surface area contributed by atoms with Gasteiger partial charge in [0, 0.05) is 18.9 Å². The molecule has 3 heterocycles. The number of hydrogen-bond donors (Lipinski definition) is 1. The Bertz CT molecular complexity index is 1140. The van der Waals surface area contributed by atoms with E-state index >= 15 is 0 Å². The summed E-state index contributed by atoms with van der Waals surface area (Å²) in [5.41, 5.74) is 1.53. The van der Waals surface area contributed by atoms with Crippen LogP contribution in [0.15, 0.2) is 90.3 Å². The topological polar surface area (TPSA) is 79.7 Å². The largest absolute Gasteiger partial charge is 0.503 e. The van der Waals surface area contributed by atoms with Crippen LogP contribution in [0.25, 0.3) is 0 Å². The van der Waals surface area contributed by atoms with E-state index in [1.165, 1.54) is 16.2 Å². The first-order valence-corrected chi connectivity index (χ1v) is 10.5. The summed E-state index contributed by atoms with van der Waals surface area (Å²) < 4.78 is 5.64. The Morgan fingerprint density at radius 2 is 2.13 bits per heavy atom. The van der Waals surface area contributed by atoms with Crippen LogP contribution in [0.4, 0.5) is 0 Å². The van der Waals surface area contributed by atoms with E-state index in [2.05, 4.69) is 11.6 Å². The average molecular weight is 433 g/mol.